The molecule has 0 aromatic carbocycles. The molecule has 4 nitrogen and oxygen atoms in total. The van der Waals surface area contributed by atoms with E-state index in [1.54, 1.807) is 42.0 Å². The molecule has 0 unspecified atom stereocenters. The van der Waals surface area contributed by atoms with Gasteiger partial charge in [0.05, 0.1) is 0 Å². The molecule has 1 aromatic heterocycles. The number of anilines is 1. The van der Waals surface area contributed by atoms with Crippen LogP contribution in [0.25, 0.3) is 0 Å². The average Bonchev–Trinajstić information content (AvgIpc) is 2.47. The summed E-state index contributed by atoms with van der Waals surface area (Å²) in [5.74, 6) is 0.639. The van der Waals surface area contributed by atoms with Crippen LogP contribution in [0.5, 0.6) is 0 Å². The maximum atomic E-state index is 4.10. The first-order chi connectivity index (χ1) is 6.47. The van der Waals surface area contributed by atoms with E-state index < -0.39 is 0 Å². The molecule has 1 aliphatic heterocycles. The molecule has 1 aromatic rings. The van der Waals surface area contributed by atoms with Gasteiger partial charge < -0.3 is 0 Å². The molecule has 13 heavy (non-hydrogen) atoms. The largest absolute Gasteiger partial charge is 0.291 e. The number of rotatable bonds is 1. The summed E-state index contributed by atoms with van der Waals surface area (Å²) in [4.78, 5) is 14.0. The predicted octanol–water partition coefficient (Wildman–Crippen LogP) is 1.35. The van der Waals surface area contributed by atoms with E-state index in [-0.39, 0.29) is 0 Å². The molecule has 0 bridgehead atoms. The number of hydrogen-bond acceptors (Lipinski definition) is 4. The van der Waals surface area contributed by atoms with Gasteiger partial charge in [-0.25, -0.2) is 9.97 Å². The zero-order valence-corrected chi connectivity index (χ0v) is 6.91. The second-order valence-corrected chi connectivity index (χ2v) is 2.39. The molecule has 1 aliphatic rings. The highest BCUT2D eigenvalue weighted by molar-refractivity contribution is 5.73. The van der Waals surface area contributed by atoms with Gasteiger partial charge in [-0.2, -0.15) is 0 Å². The van der Waals surface area contributed by atoms with Crippen molar-refractivity contribution in [2.75, 3.05) is 4.90 Å². The number of nitrogens with zero attached hydrogens (tertiary/aromatic N) is 4. The van der Waals surface area contributed by atoms with E-state index in [0.717, 1.165) is 0 Å². The van der Waals surface area contributed by atoms with Crippen molar-refractivity contribution in [2.45, 2.75) is 0 Å². The lowest BCUT2D eigenvalue weighted by Crippen LogP contribution is -2.09. The van der Waals surface area contributed by atoms with Crippen LogP contribution in [0.4, 0.5) is 5.95 Å². The standard InChI is InChI=1S/C9H8N4/c1-4-11-9(12-5-1)13-7-2-3-10-6-8-13/h1-8H. The SMILES string of the molecule is C1=CN(c2ncccn2)C=CN=C1. The van der Waals surface area contributed by atoms with Crippen molar-refractivity contribution in [1.29, 1.82) is 0 Å². The molecule has 0 saturated heterocycles. The van der Waals surface area contributed by atoms with Crippen molar-refractivity contribution in [2.24, 2.45) is 4.99 Å². The van der Waals surface area contributed by atoms with Gasteiger partial charge >= 0.3 is 0 Å². The Labute approximate surface area is 76.0 Å². The average molecular weight is 172 g/mol. The number of aromatic nitrogens is 2. The van der Waals surface area contributed by atoms with Crippen molar-refractivity contribution in [3.8, 4) is 0 Å². The topological polar surface area (TPSA) is 41.4 Å². The third-order valence-electron chi connectivity index (χ3n) is 1.52. The Kier molecular flexibility index (Phi) is 2.14. The Morgan fingerprint density at radius 3 is 2.77 bits per heavy atom. The molecule has 2 rings (SSSR count). The molecule has 2 heterocycles. The van der Waals surface area contributed by atoms with E-state index in [1.807, 2.05) is 12.3 Å². The Balaban J connectivity index is 2.27. The highest BCUT2D eigenvalue weighted by atomic mass is 15.2. The summed E-state index contributed by atoms with van der Waals surface area (Å²) < 4.78 is 0. The van der Waals surface area contributed by atoms with Crippen LogP contribution in [0.1, 0.15) is 0 Å². The Morgan fingerprint density at radius 1 is 1.08 bits per heavy atom. The summed E-state index contributed by atoms with van der Waals surface area (Å²) in [7, 11) is 0. The van der Waals surface area contributed by atoms with E-state index in [4.69, 9.17) is 0 Å². The van der Waals surface area contributed by atoms with E-state index >= 15 is 0 Å². The molecular weight excluding hydrogens is 164 g/mol. The summed E-state index contributed by atoms with van der Waals surface area (Å²) in [5, 5.41) is 0. The zero-order chi connectivity index (χ0) is 8.93. The third kappa shape index (κ3) is 1.79. The quantitative estimate of drug-likeness (QED) is 0.642. The summed E-state index contributed by atoms with van der Waals surface area (Å²) in [6.45, 7) is 0. The number of aliphatic imine (C=N–C) groups is 1. The second kappa shape index (κ2) is 3.62. The molecule has 0 fully saturated rings. The van der Waals surface area contributed by atoms with Gasteiger partial charge in [-0.05, 0) is 12.1 Å². The van der Waals surface area contributed by atoms with Crippen LogP contribution in [0, 0.1) is 0 Å². The van der Waals surface area contributed by atoms with Crippen molar-refractivity contribution in [3.63, 3.8) is 0 Å². The highest BCUT2D eigenvalue weighted by Gasteiger charge is 2.00. The van der Waals surface area contributed by atoms with Crippen LogP contribution < -0.4 is 4.90 Å². The maximum absolute atomic E-state index is 4.10. The Bertz CT molecular complexity index is 337. The lowest BCUT2D eigenvalue weighted by molar-refractivity contribution is 1.07. The fraction of sp³-hybridized carbons (Fsp3) is 0. The summed E-state index contributed by atoms with van der Waals surface area (Å²) in [6, 6.07) is 1.78. The molecule has 64 valence electrons. The lowest BCUT2D eigenvalue weighted by atomic mass is 10.6. The highest BCUT2D eigenvalue weighted by Crippen LogP contribution is 2.07. The summed E-state index contributed by atoms with van der Waals surface area (Å²) in [5.41, 5.74) is 0. The van der Waals surface area contributed by atoms with Gasteiger partial charge in [-0.15, -0.1) is 0 Å². The fourth-order valence-corrected chi connectivity index (χ4v) is 0.948. The van der Waals surface area contributed by atoms with Gasteiger partial charge in [0.1, 0.15) is 0 Å². The van der Waals surface area contributed by atoms with Crippen molar-refractivity contribution < 1.29 is 0 Å². The first kappa shape index (κ1) is 7.67. The molecular formula is C9H8N4. The molecule has 0 N–H and O–H groups in total. The first-order valence-electron chi connectivity index (χ1n) is 3.89. The van der Waals surface area contributed by atoms with Gasteiger partial charge in [-0.1, -0.05) is 0 Å². The van der Waals surface area contributed by atoms with Gasteiger partial charge in [0.15, 0.2) is 0 Å². The molecule has 4 heteroatoms. The smallest absolute Gasteiger partial charge is 0.233 e. The summed E-state index contributed by atoms with van der Waals surface area (Å²) in [6.07, 6.45) is 12.3. The lowest BCUT2D eigenvalue weighted by Gasteiger charge is -2.10. The minimum absolute atomic E-state index is 0.639. The van der Waals surface area contributed by atoms with E-state index in [2.05, 4.69) is 15.0 Å². The minimum atomic E-state index is 0.639. The molecule has 0 atom stereocenters. The normalized spacial score (nSPS) is 14.6. The van der Waals surface area contributed by atoms with Crippen LogP contribution in [0.2, 0.25) is 0 Å². The van der Waals surface area contributed by atoms with E-state index in [0.29, 0.717) is 5.95 Å². The molecule has 0 spiro atoms. The van der Waals surface area contributed by atoms with Gasteiger partial charge in [-0.3, -0.25) is 9.89 Å². The fourth-order valence-electron chi connectivity index (χ4n) is 0.948. The predicted molar refractivity (Wildman–Crippen MR) is 51.3 cm³/mol. The van der Waals surface area contributed by atoms with Crippen LogP contribution in [0.3, 0.4) is 0 Å². The van der Waals surface area contributed by atoms with Crippen LogP contribution >= 0.6 is 0 Å². The van der Waals surface area contributed by atoms with Gasteiger partial charge in [0.2, 0.25) is 5.95 Å². The van der Waals surface area contributed by atoms with Crippen LogP contribution in [-0.2, 0) is 0 Å². The van der Waals surface area contributed by atoms with Crippen LogP contribution in [0.15, 0.2) is 48.1 Å². The van der Waals surface area contributed by atoms with Crippen LogP contribution in [-0.4, -0.2) is 16.2 Å². The molecule has 0 saturated carbocycles. The minimum Gasteiger partial charge on any atom is -0.291 e. The van der Waals surface area contributed by atoms with Crippen molar-refractivity contribution in [1.82, 2.24) is 9.97 Å². The number of allylic oxidation sites excluding steroid dienone is 1. The van der Waals surface area contributed by atoms with E-state index in [1.165, 1.54) is 0 Å². The Morgan fingerprint density at radius 2 is 1.92 bits per heavy atom. The third-order valence-corrected chi connectivity index (χ3v) is 1.52. The number of hydrogen-bond donors (Lipinski definition) is 0. The molecule has 0 amide bonds. The molecule has 0 aliphatic carbocycles. The second-order valence-electron chi connectivity index (χ2n) is 2.39. The zero-order valence-electron chi connectivity index (χ0n) is 6.91. The first-order valence-corrected chi connectivity index (χ1v) is 3.89. The molecule has 0 radical (unpaired) electrons. The van der Waals surface area contributed by atoms with Gasteiger partial charge in [0.25, 0.3) is 0 Å². The van der Waals surface area contributed by atoms with E-state index in [9.17, 15) is 0 Å². The summed E-state index contributed by atoms with van der Waals surface area (Å²) >= 11 is 0. The van der Waals surface area contributed by atoms with Gasteiger partial charge in [0, 0.05) is 37.2 Å². The van der Waals surface area contributed by atoms with Crippen molar-refractivity contribution in [3.05, 3.63) is 43.1 Å². The maximum Gasteiger partial charge on any atom is 0.233 e. The Hall–Kier alpha value is -1.97. The van der Waals surface area contributed by atoms with Crippen molar-refractivity contribution >= 4 is 12.2 Å². The monoisotopic (exact) mass is 172 g/mol.